The summed E-state index contributed by atoms with van der Waals surface area (Å²) in [5, 5.41) is 10.0. The predicted molar refractivity (Wildman–Crippen MR) is 80.9 cm³/mol. The Kier molecular flexibility index (Phi) is 5.29. The zero-order valence-corrected chi connectivity index (χ0v) is 12.8. The summed E-state index contributed by atoms with van der Waals surface area (Å²) >= 11 is 1.97. The van der Waals surface area contributed by atoms with Crippen LogP contribution in [0.3, 0.4) is 0 Å². The molecule has 1 aromatic rings. The predicted octanol–water partition coefficient (Wildman–Crippen LogP) is 2.39. The van der Waals surface area contributed by atoms with E-state index in [2.05, 4.69) is 18.7 Å². The average Bonchev–Trinajstić information content (AvgIpc) is 2.37. The van der Waals surface area contributed by atoms with Gasteiger partial charge in [0.25, 0.3) is 0 Å². The Labute approximate surface area is 124 Å². The lowest BCUT2D eigenvalue weighted by molar-refractivity contribution is 0.0667. The molecule has 1 atom stereocenters. The molecule has 1 unspecified atom stereocenters. The van der Waals surface area contributed by atoms with Crippen LogP contribution in [0.15, 0.2) is 24.3 Å². The molecule has 1 fully saturated rings. The van der Waals surface area contributed by atoms with Gasteiger partial charge in [-0.05, 0) is 38.1 Å². The maximum atomic E-state index is 12.8. The molecule has 112 valence electrons. The number of thioether (sulfide) groups is 1. The van der Waals surface area contributed by atoms with Crippen LogP contribution in [-0.4, -0.2) is 52.9 Å². The third kappa shape index (κ3) is 4.96. The first-order valence-corrected chi connectivity index (χ1v) is 7.86. The van der Waals surface area contributed by atoms with Crippen LogP contribution in [0.2, 0.25) is 0 Å². The zero-order chi connectivity index (χ0) is 14.6. The highest BCUT2D eigenvalue weighted by Gasteiger charge is 2.27. The van der Waals surface area contributed by atoms with Crippen molar-refractivity contribution in [1.29, 1.82) is 0 Å². The Morgan fingerprint density at radius 1 is 1.40 bits per heavy atom. The molecule has 0 aromatic heterocycles. The molecule has 0 amide bonds. The van der Waals surface area contributed by atoms with Gasteiger partial charge in [-0.25, -0.2) is 4.39 Å². The first kappa shape index (κ1) is 15.6. The number of halogens is 1. The van der Waals surface area contributed by atoms with Crippen LogP contribution in [0.25, 0.3) is 0 Å². The van der Waals surface area contributed by atoms with Crippen molar-refractivity contribution < 1.29 is 14.2 Å². The molecule has 1 N–H and O–H groups in total. The van der Waals surface area contributed by atoms with Gasteiger partial charge in [0.2, 0.25) is 0 Å². The fourth-order valence-electron chi connectivity index (χ4n) is 2.34. The summed E-state index contributed by atoms with van der Waals surface area (Å²) in [6, 6.07) is 5.85. The van der Waals surface area contributed by atoms with Crippen molar-refractivity contribution in [2.24, 2.45) is 0 Å². The Morgan fingerprint density at radius 2 is 2.10 bits per heavy atom. The van der Waals surface area contributed by atoms with Gasteiger partial charge in [-0.2, -0.15) is 11.8 Å². The minimum Gasteiger partial charge on any atom is -0.491 e. The number of nitrogens with zero attached hydrogens (tertiary/aromatic N) is 1. The van der Waals surface area contributed by atoms with E-state index >= 15 is 0 Å². The van der Waals surface area contributed by atoms with Crippen molar-refractivity contribution in [3.63, 3.8) is 0 Å². The molecule has 2 rings (SSSR count). The number of rotatable bonds is 5. The average molecular weight is 299 g/mol. The Balaban J connectivity index is 1.75. The highest BCUT2D eigenvalue weighted by Crippen LogP contribution is 2.29. The van der Waals surface area contributed by atoms with Crippen molar-refractivity contribution in [3.05, 3.63) is 30.1 Å². The van der Waals surface area contributed by atoms with E-state index in [1.54, 1.807) is 12.1 Å². The third-order valence-corrected chi connectivity index (χ3v) is 4.53. The quantitative estimate of drug-likeness (QED) is 0.905. The minimum atomic E-state index is -0.529. The molecule has 0 saturated carbocycles. The summed E-state index contributed by atoms with van der Waals surface area (Å²) in [6.07, 6.45) is -0.529. The molecule has 0 bridgehead atoms. The maximum Gasteiger partial charge on any atom is 0.123 e. The number of hydrogen-bond donors (Lipinski definition) is 1. The molecule has 5 heteroatoms. The molecular weight excluding hydrogens is 277 g/mol. The van der Waals surface area contributed by atoms with Gasteiger partial charge in [-0.3, -0.25) is 4.90 Å². The lowest BCUT2D eigenvalue weighted by atomic mass is 10.1. The Bertz CT molecular complexity index is 424. The Morgan fingerprint density at radius 3 is 2.75 bits per heavy atom. The van der Waals surface area contributed by atoms with Crippen LogP contribution in [0, 0.1) is 5.82 Å². The van der Waals surface area contributed by atoms with Gasteiger partial charge < -0.3 is 9.84 Å². The van der Waals surface area contributed by atoms with Crippen LogP contribution in [-0.2, 0) is 0 Å². The highest BCUT2D eigenvalue weighted by atomic mass is 32.2. The molecule has 0 aliphatic carbocycles. The van der Waals surface area contributed by atoms with Crippen molar-refractivity contribution in [3.8, 4) is 5.75 Å². The number of β-amino-alcohol motifs (C(OH)–C–C–N with tert-alkyl or cyclic N) is 1. The molecule has 1 aliphatic rings. The molecule has 1 aliphatic heterocycles. The van der Waals surface area contributed by atoms with E-state index in [1.807, 2.05) is 11.8 Å². The van der Waals surface area contributed by atoms with E-state index in [4.69, 9.17) is 4.74 Å². The summed E-state index contributed by atoms with van der Waals surface area (Å²) in [4.78, 5) is 2.27. The van der Waals surface area contributed by atoms with Gasteiger partial charge in [0, 0.05) is 30.1 Å². The van der Waals surface area contributed by atoms with Crippen molar-refractivity contribution in [2.45, 2.75) is 24.7 Å². The molecule has 3 nitrogen and oxygen atoms in total. The normalized spacial score (nSPS) is 20.6. The number of benzene rings is 1. The number of aliphatic hydroxyl groups excluding tert-OH is 1. The topological polar surface area (TPSA) is 32.7 Å². The van der Waals surface area contributed by atoms with E-state index in [-0.39, 0.29) is 17.2 Å². The van der Waals surface area contributed by atoms with Crippen molar-refractivity contribution in [2.75, 3.05) is 32.0 Å². The van der Waals surface area contributed by atoms with Crippen LogP contribution < -0.4 is 4.74 Å². The highest BCUT2D eigenvalue weighted by molar-refractivity contribution is 8.00. The summed E-state index contributed by atoms with van der Waals surface area (Å²) in [5.74, 6) is 1.39. The third-order valence-electron chi connectivity index (χ3n) is 3.23. The largest absolute Gasteiger partial charge is 0.491 e. The van der Waals surface area contributed by atoms with E-state index < -0.39 is 6.10 Å². The second-order valence-electron chi connectivity index (χ2n) is 5.76. The zero-order valence-electron chi connectivity index (χ0n) is 12.0. The summed E-state index contributed by atoms with van der Waals surface area (Å²) in [7, 11) is 0. The van der Waals surface area contributed by atoms with Crippen LogP contribution in [0.4, 0.5) is 4.39 Å². The second-order valence-corrected chi connectivity index (χ2v) is 7.56. The van der Waals surface area contributed by atoms with Crippen LogP contribution in [0.5, 0.6) is 5.75 Å². The summed E-state index contributed by atoms with van der Waals surface area (Å²) < 4.78 is 18.5. The van der Waals surface area contributed by atoms with Crippen molar-refractivity contribution >= 4 is 11.8 Å². The molecular formula is C15H22FNO2S. The molecule has 0 radical (unpaired) electrons. The standard InChI is InChI=1S/C15H22FNO2S/c1-15(2)11-17(7-8-20-15)9-13(18)10-19-14-5-3-12(16)4-6-14/h3-6,13,18H,7-11H2,1-2H3. The SMILES string of the molecule is CC1(C)CN(CC(O)COc2ccc(F)cc2)CCS1. The summed E-state index contributed by atoms with van der Waals surface area (Å²) in [6.45, 7) is 7.28. The molecule has 20 heavy (non-hydrogen) atoms. The first-order chi connectivity index (χ1) is 9.44. The van der Waals surface area contributed by atoms with E-state index in [9.17, 15) is 9.50 Å². The van der Waals surface area contributed by atoms with Gasteiger partial charge >= 0.3 is 0 Å². The fourth-order valence-corrected chi connectivity index (χ4v) is 3.52. The fraction of sp³-hybridized carbons (Fsp3) is 0.600. The molecule has 1 saturated heterocycles. The molecule has 1 heterocycles. The maximum absolute atomic E-state index is 12.8. The molecule has 1 aromatic carbocycles. The van der Waals surface area contributed by atoms with Crippen LogP contribution in [0.1, 0.15) is 13.8 Å². The summed E-state index contributed by atoms with van der Waals surface area (Å²) in [5.41, 5.74) is 0. The first-order valence-electron chi connectivity index (χ1n) is 6.87. The van der Waals surface area contributed by atoms with E-state index in [0.29, 0.717) is 12.3 Å². The van der Waals surface area contributed by atoms with E-state index in [1.165, 1.54) is 12.1 Å². The molecule has 0 spiro atoms. The van der Waals surface area contributed by atoms with E-state index in [0.717, 1.165) is 18.8 Å². The van der Waals surface area contributed by atoms with Gasteiger partial charge in [0.1, 0.15) is 24.3 Å². The minimum absolute atomic E-state index is 0.232. The van der Waals surface area contributed by atoms with Gasteiger partial charge in [0.15, 0.2) is 0 Å². The van der Waals surface area contributed by atoms with Gasteiger partial charge in [-0.1, -0.05) is 0 Å². The number of ether oxygens (including phenoxy) is 1. The van der Waals surface area contributed by atoms with Crippen LogP contribution >= 0.6 is 11.8 Å². The monoisotopic (exact) mass is 299 g/mol. The lowest BCUT2D eigenvalue weighted by Gasteiger charge is -2.38. The lowest BCUT2D eigenvalue weighted by Crippen LogP contribution is -2.47. The van der Waals surface area contributed by atoms with Gasteiger partial charge in [-0.15, -0.1) is 0 Å². The van der Waals surface area contributed by atoms with Gasteiger partial charge in [0.05, 0.1) is 0 Å². The second kappa shape index (κ2) is 6.78. The smallest absolute Gasteiger partial charge is 0.123 e. The Hall–Kier alpha value is -0.780. The number of aliphatic hydroxyl groups is 1. The number of hydrogen-bond acceptors (Lipinski definition) is 4. The van der Waals surface area contributed by atoms with Crippen molar-refractivity contribution in [1.82, 2.24) is 4.90 Å².